The minimum atomic E-state index is -5.04. The van der Waals surface area contributed by atoms with Gasteiger partial charge in [0.15, 0.2) is 5.69 Å². The molecule has 1 aliphatic heterocycles. The lowest BCUT2D eigenvalue weighted by molar-refractivity contribution is -0.254. The van der Waals surface area contributed by atoms with Crippen molar-refractivity contribution in [1.29, 1.82) is 0 Å². The van der Waals surface area contributed by atoms with Gasteiger partial charge in [0.2, 0.25) is 5.13 Å². The lowest BCUT2D eigenvalue weighted by Crippen LogP contribution is -2.55. The average molecular weight is 347 g/mol. The van der Waals surface area contributed by atoms with Crippen LogP contribution >= 0.6 is 11.3 Å². The van der Waals surface area contributed by atoms with Gasteiger partial charge in [-0.3, -0.25) is 0 Å². The van der Waals surface area contributed by atoms with Crippen LogP contribution in [0.5, 0.6) is 0 Å². The Morgan fingerprint density at radius 2 is 2.22 bits per heavy atom. The Labute approximate surface area is 130 Å². The van der Waals surface area contributed by atoms with Crippen LogP contribution in [0.4, 0.5) is 18.3 Å². The third kappa shape index (κ3) is 2.47. The van der Waals surface area contributed by atoms with Gasteiger partial charge in [-0.25, -0.2) is 9.78 Å². The molecule has 0 radical (unpaired) electrons. The van der Waals surface area contributed by atoms with Crippen LogP contribution < -0.4 is 5.01 Å². The van der Waals surface area contributed by atoms with Crippen molar-refractivity contribution in [3.8, 4) is 0 Å². The minimum Gasteiger partial charge on any atom is -0.476 e. The SMILES string of the molecule is O=C(O)c1csc(N2N=C(c3ccco3)C[C@]2(O)C(F)(F)F)n1. The van der Waals surface area contributed by atoms with E-state index in [1.165, 1.54) is 18.4 Å². The number of carboxylic acid groups (broad SMARTS) is 1. The molecule has 1 atom stereocenters. The lowest BCUT2D eigenvalue weighted by atomic mass is 10.1. The number of thiazole rings is 1. The predicted molar refractivity (Wildman–Crippen MR) is 72.4 cm³/mol. The summed E-state index contributed by atoms with van der Waals surface area (Å²) in [4.78, 5) is 14.4. The molecule has 0 aliphatic carbocycles. The third-order valence-corrected chi connectivity index (χ3v) is 3.95. The summed E-state index contributed by atoms with van der Waals surface area (Å²) in [5.74, 6) is -1.32. The molecule has 0 unspecified atom stereocenters. The minimum absolute atomic E-state index is 0.0742. The van der Waals surface area contributed by atoms with E-state index in [1.54, 1.807) is 0 Å². The summed E-state index contributed by atoms with van der Waals surface area (Å²) in [6, 6.07) is 2.88. The molecular weight excluding hydrogens is 339 g/mol. The Hall–Kier alpha value is -2.40. The molecule has 1 aliphatic rings. The zero-order valence-corrected chi connectivity index (χ0v) is 11.9. The normalized spacial score (nSPS) is 21.6. The molecule has 7 nitrogen and oxygen atoms in total. The molecule has 0 spiro atoms. The molecule has 11 heteroatoms. The molecule has 0 bridgehead atoms. The van der Waals surface area contributed by atoms with Crippen molar-refractivity contribution >= 4 is 28.1 Å². The Kier molecular flexibility index (Phi) is 3.41. The number of carbonyl (C=O) groups is 1. The van der Waals surface area contributed by atoms with Gasteiger partial charge < -0.3 is 14.6 Å². The molecule has 0 amide bonds. The number of furan rings is 1. The highest BCUT2D eigenvalue weighted by Gasteiger charge is 2.63. The summed E-state index contributed by atoms with van der Waals surface area (Å²) in [5.41, 5.74) is -3.89. The smallest absolute Gasteiger partial charge is 0.438 e. The number of aromatic carboxylic acids is 1. The summed E-state index contributed by atoms with van der Waals surface area (Å²) >= 11 is 0.629. The van der Waals surface area contributed by atoms with E-state index >= 15 is 0 Å². The van der Waals surface area contributed by atoms with Crippen LogP contribution in [0.15, 0.2) is 33.3 Å². The number of aliphatic hydroxyl groups is 1. The maximum atomic E-state index is 13.3. The highest BCUT2D eigenvalue weighted by molar-refractivity contribution is 7.14. The van der Waals surface area contributed by atoms with E-state index in [9.17, 15) is 23.1 Å². The first-order chi connectivity index (χ1) is 10.7. The van der Waals surface area contributed by atoms with Crippen molar-refractivity contribution in [2.45, 2.75) is 18.3 Å². The number of hydrogen-bond acceptors (Lipinski definition) is 7. The maximum Gasteiger partial charge on any atom is 0.438 e. The van der Waals surface area contributed by atoms with Crippen molar-refractivity contribution < 1.29 is 32.6 Å². The molecule has 0 fully saturated rings. The van der Waals surface area contributed by atoms with Gasteiger partial charge in [-0.2, -0.15) is 23.3 Å². The Morgan fingerprint density at radius 3 is 2.74 bits per heavy atom. The van der Waals surface area contributed by atoms with Gasteiger partial charge >= 0.3 is 12.1 Å². The maximum absolute atomic E-state index is 13.3. The number of nitrogens with zero attached hydrogens (tertiary/aromatic N) is 3. The summed E-state index contributed by atoms with van der Waals surface area (Å²) < 4.78 is 45.0. The van der Waals surface area contributed by atoms with Gasteiger partial charge in [0.25, 0.3) is 5.72 Å². The first-order valence-electron chi connectivity index (χ1n) is 6.12. The fourth-order valence-corrected chi connectivity index (χ4v) is 2.82. The van der Waals surface area contributed by atoms with Crippen LogP contribution in [-0.4, -0.2) is 38.8 Å². The first-order valence-corrected chi connectivity index (χ1v) is 7.00. The standard InChI is InChI=1S/C12H8F3N3O4S/c13-12(14,15)11(21)4-6(8-2-1-3-22-8)17-18(11)10-16-7(5-23-10)9(19)20/h1-3,5,21H,4H2,(H,19,20)/t11-/m0/s1. The second-order valence-corrected chi connectivity index (χ2v) is 5.48. The predicted octanol–water partition coefficient (Wildman–Crippen LogP) is 2.30. The highest BCUT2D eigenvalue weighted by Crippen LogP contribution is 2.44. The Balaban J connectivity index is 2.06. The summed E-state index contributed by atoms with van der Waals surface area (Å²) in [6.07, 6.45) is -4.65. The van der Waals surface area contributed by atoms with Crippen LogP contribution in [0.3, 0.4) is 0 Å². The topological polar surface area (TPSA) is 99.2 Å². The van der Waals surface area contributed by atoms with Crippen molar-refractivity contribution in [3.05, 3.63) is 35.2 Å². The fraction of sp³-hybridized carbons (Fsp3) is 0.250. The van der Waals surface area contributed by atoms with E-state index < -0.39 is 30.0 Å². The number of alkyl halides is 3. The molecule has 2 aromatic heterocycles. The highest BCUT2D eigenvalue weighted by atomic mass is 32.1. The number of hydrazone groups is 1. The zero-order valence-electron chi connectivity index (χ0n) is 11.1. The van der Waals surface area contributed by atoms with Crippen molar-refractivity contribution in [1.82, 2.24) is 4.98 Å². The second-order valence-electron chi connectivity index (χ2n) is 4.65. The number of anilines is 1. The zero-order chi connectivity index (χ0) is 16.8. The quantitative estimate of drug-likeness (QED) is 0.884. The number of rotatable bonds is 3. The molecule has 0 saturated heterocycles. The van der Waals surface area contributed by atoms with E-state index in [1.807, 2.05) is 0 Å². The van der Waals surface area contributed by atoms with E-state index in [-0.39, 0.29) is 21.6 Å². The third-order valence-electron chi connectivity index (χ3n) is 3.14. The van der Waals surface area contributed by atoms with E-state index in [2.05, 4.69) is 10.1 Å². The van der Waals surface area contributed by atoms with Gasteiger partial charge in [-0.05, 0) is 12.1 Å². The second kappa shape index (κ2) is 5.06. The molecule has 2 N–H and O–H groups in total. The Bertz CT molecular complexity index is 771. The lowest BCUT2D eigenvalue weighted by Gasteiger charge is -2.32. The summed E-state index contributed by atoms with van der Waals surface area (Å²) in [7, 11) is 0. The number of halogens is 3. The summed E-state index contributed by atoms with van der Waals surface area (Å²) in [6.45, 7) is 0. The van der Waals surface area contributed by atoms with Crippen molar-refractivity contribution in [2.24, 2.45) is 5.10 Å². The van der Waals surface area contributed by atoms with Gasteiger partial charge in [0, 0.05) is 5.38 Å². The van der Waals surface area contributed by atoms with Gasteiger partial charge in [0.05, 0.1) is 12.7 Å². The number of carboxylic acids is 1. The van der Waals surface area contributed by atoms with Crippen LogP contribution in [0.2, 0.25) is 0 Å². The molecule has 0 saturated carbocycles. The molecular formula is C12H8F3N3O4S. The number of aromatic nitrogens is 1. The molecule has 0 aromatic carbocycles. The van der Waals surface area contributed by atoms with Crippen LogP contribution in [0.1, 0.15) is 22.7 Å². The van der Waals surface area contributed by atoms with Crippen LogP contribution in [0, 0.1) is 0 Å². The summed E-state index contributed by atoms with van der Waals surface area (Å²) in [5, 5.41) is 23.6. The molecule has 3 rings (SSSR count). The monoisotopic (exact) mass is 347 g/mol. The number of hydrogen-bond donors (Lipinski definition) is 2. The first kappa shape index (κ1) is 15.5. The van der Waals surface area contributed by atoms with E-state index in [0.29, 0.717) is 11.3 Å². The van der Waals surface area contributed by atoms with Crippen molar-refractivity contribution in [2.75, 3.05) is 5.01 Å². The average Bonchev–Trinajstić information content (AvgIpc) is 3.16. The molecule has 3 heterocycles. The molecule has 2 aromatic rings. The van der Waals surface area contributed by atoms with E-state index in [4.69, 9.17) is 9.52 Å². The molecule has 122 valence electrons. The van der Waals surface area contributed by atoms with Gasteiger partial charge in [0.1, 0.15) is 11.5 Å². The fourth-order valence-electron chi connectivity index (χ4n) is 2.01. The van der Waals surface area contributed by atoms with Gasteiger partial charge in [-0.1, -0.05) is 0 Å². The Morgan fingerprint density at radius 1 is 1.48 bits per heavy atom. The largest absolute Gasteiger partial charge is 0.476 e. The van der Waals surface area contributed by atoms with Crippen molar-refractivity contribution in [3.63, 3.8) is 0 Å². The van der Waals surface area contributed by atoms with E-state index in [0.717, 1.165) is 5.38 Å². The van der Waals surface area contributed by atoms with Crippen LogP contribution in [0.25, 0.3) is 0 Å². The van der Waals surface area contributed by atoms with Gasteiger partial charge in [-0.15, -0.1) is 11.3 Å². The van der Waals surface area contributed by atoms with Crippen LogP contribution in [-0.2, 0) is 0 Å². The molecule has 23 heavy (non-hydrogen) atoms.